The molecule has 1 nitrogen and oxygen atoms in total. The molecule has 0 aromatic rings. The highest BCUT2D eigenvalue weighted by molar-refractivity contribution is 6.23. The third-order valence-electron chi connectivity index (χ3n) is 1.08. The van der Waals surface area contributed by atoms with Crippen LogP contribution in [-0.2, 0) is 0 Å². The van der Waals surface area contributed by atoms with Gasteiger partial charge in [-0.1, -0.05) is 0 Å². The van der Waals surface area contributed by atoms with E-state index in [0.29, 0.717) is 0 Å². The van der Waals surface area contributed by atoms with Crippen molar-refractivity contribution in [2.45, 2.75) is 31.7 Å². The minimum absolute atomic E-state index is 0. The molecule has 2 N–H and O–H groups in total. The van der Waals surface area contributed by atoms with Crippen LogP contribution in [0.5, 0.6) is 0 Å². The second kappa shape index (κ2) is 3.54. The van der Waals surface area contributed by atoms with Gasteiger partial charge in [0.1, 0.15) is 0 Å². The van der Waals surface area contributed by atoms with E-state index in [9.17, 15) is 0 Å². The lowest BCUT2D eigenvalue weighted by Crippen LogP contribution is -2.35. The Morgan fingerprint density at radius 2 is 1.62 bits per heavy atom. The highest BCUT2D eigenvalue weighted by atomic mass is 35.5. The Kier molecular flexibility index (Phi) is 5.03. The highest BCUT2D eigenvalue weighted by Gasteiger charge is 2.17. The smallest absolute Gasteiger partial charge is 0.0538 e. The number of rotatable bonds is 1. The van der Waals surface area contributed by atoms with Gasteiger partial charge >= 0.3 is 0 Å². The van der Waals surface area contributed by atoms with Crippen LogP contribution in [0.4, 0.5) is 0 Å². The van der Waals surface area contributed by atoms with Crippen LogP contribution in [-0.4, -0.2) is 10.9 Å². The van der Waals surface area contributed by atoms with Gasteiger partial charge in [0.05, 0.1) is 4.87 Å². The van der Waals surface area contributed by atoms with Gasteiger partial charge in [-0.2, -0.15) is 0 Å². The van der Waals surface area contributed by atoms with Crippen LogP contribution in [0.1, 0.15) is 20.8 Å². The van der Waals surface area contributed by atoms with E-state index in [4.69, 9.17) is 17.3 Å². The first-order chi connectivity index (χ1) is 2.94. The molecule has 0 saturated heterocycles. The van der Waals surface area contributed by atoms with Gasteiger partial charge < -0.3 is 5.73 Å². The predicted octanol–water partition coefficient (Wildman–Crippen LogP) is 1.77. The van der Waals surface area contributed by atoms with Crippen molar-refractivity contribution in [1.29, 1.82) is 0 Å². The summed E-state index contributed by atoms with van der Waals surface area (Å²) in [5, 5.41) is 0. The van der Waals surface area contributed by atoms with E-state index in [0.717, 1.165) is 0 Å². The first kappa shape index (κ1) is 11.4. The number of alkyl halides is 1. The van der Waals surface area contributed by atoms with Crippen LogP contribution in [0, 0.1) is 0 Å². The molecule has 52 valence electrons. The quantitative estimate of drug-likeness (QED) is 0.578. The van der Waals surface area contributed by atoms with Crippen molar-refractivity contribution < 1.29 is 0 Å². The summed E-state index contributed by atoms with van der Waals surface area (Å²) in [4.78, 5) is -0.250. The van der Waals surface area contributed by atoms with Crippen molar-refractivity contribution in [2.24, 2.45) is 5.73 Å². The molecule has 0 amide bonds. The molecule has 0 aliphatic rings. The van der Waals surface area contributed by atoms with E-state index in [1.165, 1.54) is 0 Å². The topological polar surface area (TPSA) is 26.0 Å². The molecule has 1 atom stereocenters. The van der Waals surface area contributed by atoms with Gasteiger partial charge in [-0.05, 0) is 20.8 Å². The standard InChI is InChI=1S/C5H12ClN.ClH/c1-4(7)5(2,3)6;/h4H,7H2,1-3H3;1H. The fourth-order valence-corrected chi connectivity index (χ4v) is 0. The Bertz CT molecular complexity index is 55.9. The largest absolute Gasteiger partial charge is 0.326 e. The van der Waals surface area contributed by atoms with Crippen LogP contribution >= 0.6 is 24.0 Å². The van der Waals surface area contributed by atoms with Gasteiger partial charge in [-0.25, -0.2) is 0 Å². The number of nitrogens with two attached hydrogens (primary N) is 1. The monoisotopic (exact) mass is 157 g/mol. The average molecular weight is 158 g/mol. The summed E-state index contributed by atoms with van der Waals surface area (Å²) in [6.07, 6.45) is 0. The van der Waals surface area contributed by atoms with Gasteiger partial charge in [-0.15, -0.1) is 24.0 Å². The number of halogens is 2. The summed E-state index contributed by atoms with van der Waals surface area (Å²) in [5.41, 5.74) is 5.44. The Labute approximate surface area is 62.0 Å². The second-order valence-electron chi connectivity index (χ2n) is 2.35. The van der Waals surface area contributed by atoms with Crippen molar-refractivity contribution in [3.05, 3.63) is 0 Å². The second-order valence-corrected chi connectivity index (χ2v) is 3.33. The summed E-state index contributed by atoms with van der Waals surface area (Å²) >= 11 is 5.74. The molecule has 1 unspecified atom stereocenters. The van der Waals surface area contributed by atoms with Crippen molar-refractivity contribution in [3.8, 4) is 0 Å². The molecular weight excluding hydrogens is 145 g/mol. The summed E-state index contributed by atoms with van der Waals surface area (Å²) in [7, 11) is 0. The zero-order chi connectivity index (χ0) is 6.08. The first-order valence-electron chi connectivity index (χ1n) is 2.39. The Balaban J connectivity index is 0. The van der Waals surface area contributed by atoms with Crippen molar-refractivity contribution >= 4 is 24.0 Å². The van der Waals surface area contributed by atoms with E-state index >= 15 is 0 Å². The molecule has 0 aliphatic heterocycles. The van der Waals surface area contributed by atoms with E-state index in [-0.39, 0.29) is 23.3 Å². The third-order valence-corrected chi connectivity index (χ3v) is 1.43. The van der Waals surface area contributed by atoms with Gasteiger partial charge in [-0.3, -0.25) is 0 Å². The molecule has 0 aromatic heterocycles. The van der Waals surface area contributed by atoms with E-state index in [2.05, 4.69) is 0 Å². The summed E-state index contributed by atoms with van der Waals surface area (Å²) in [6.45, 7) is 5.70. The van der Waals surface area contributed by atoms with E-state index in [1.54, 1.807) is 0 Å². The molecule has 0 aliphatic carbocycles. The summed E-state index contributed by atoms with van der Waals surface area (Å²) in [6, 6.07) is 0.0640. The fourth-order valence-electron chi connectivity index (χ4n) is 0. The third kappa shape index (κ3) is 4.69. The fraction of sp³-hybridized carbons (Fsp3) is 1.00. The normalized spacial score (nSPS) is 14.6. The molecule has 0 rings (SSSR count). The lowest BCUT2D eigenvalue weighted by Gasteiger charge is -2.19. The van der Waals surface area contributed by atoms with E-state index in [1.807, 2.05) is 20.8 Å². The maximum absolute atomic E-state index is 5.74. The van der Waals surface area contributed by atoms with Crippen LogP contribution in [0.15, 0.2) is 0 Å². The molecule has 0 fully saturated rings. The molecule has 3 heteroatoms. The van der Waals surface area contributed by atoms with Crippen LogP contribution in [0.3, 0.4) is 0 Å². The Morgan fingerprint density at radius 3 is 1.62 bits per heavy atom. The minimum atomic E-state index is -0.250. The van der Waals surface area contributed by atoms with Gasteiger partial charge in [0, 0.05) is 6.04 Å². The average Bonchev–Trinajstić information content (AvgIpc) is 1.31. The first-order valence-corrected chi connectivity index (χ1v) is 2.77. The zero-order valence-corrected chi connectivity index (χ0v) is 7.01. The highest BCUT2D eigenvalue weighted by Crippen LogP contribution is 2.14. The molecule has 0 spiro atoms. The molecule has 0 aromatic carbocycles. The van der Waals surface area contributed by atoms with Gasteiger partial charge in [0.15, 0.2) is 0 Å². The summed E-state index contributed by atoms with van der Waals surface area (Å²) < 4.78 is 0. The van der Waals surface area contributed by atoms with Crippen LogP contribution in [0.2, 0.25) is 0 Å². The maximum Gasteiger partial charge on any atom is 0.0538 e. The lowest BCUT2D eigenvalue weighted by molar-refractivity contribution is 0.567. The molecule has 0 saturated carbocycles. The Morgan fingerprint density at radius 1 is 1.50 bits per heavy atom. The van der Waals surface area contributed by atoms with Crippen LogP contribution < -0.4 is 5.73 Å². The number of hydrogen-bond acceptors (Lipinski definition) is 1. The van der Waals surface area contributed by atoms with Gasteiger partial charge in [0.2, 0.25) is 0 Å². The molecule has 8 heavy (non-hydrogen) atoms. The lowest BCUT2D eigenvalue weighted by atomic mass is 10.1. The van der Waals surface area contributed by atoms with Crippen molar-refractivity contribution in [1.82, 2.24) is 0 Å². The Hall–Kier alpha value is 0.540. The molecular formula is C5H13Cl2N. The number of hydrogen-bond donors (Lipinski definition) is 1. The SMILES string of the molecule is CC(N)C(C)(C)Cl.Cl. The molecule has 0 heterocycles. The summed E-state index contributed by atoms with van der Waals surface area (Å²) in [5.74, 6) is 0. The van der Waals surface area contributed by atoms with Crippen molar-refractivity contribution in [3.63, 3.8) is 0 Å². The predicted molar refractivity (Wildman–Crippen MR) is 40.8 cm³/mol. The molecule has 0 radical (unpaired) electrons. The van der Waals surface area contributed by atoms with Crippen LogP contribution in [0.25, 0.3) is 0 Å². The molecule has 0 bridgehead atoms. The van der Waals surface area contributed by atoms with E-state index < -0.39 is 0 Å². The minimum Gasteiger partial charge on any atom is -0.326 e. The maximum atomic E-state index is 5.74. The zero-order valence-electron chi connectivity index (χ0n) is 5.44. The van der Waals surface area contributed by atoms with Gasteiger partial charge in [0.25, 0.3) is 0 Å². The van der Waals surface area contributed by atoms with Crippen molar-refractivity contribution in [2.75, 3.05) is 0 Å².